The molecule has 2 aromatic carbocycles. The molecular weight excluding hydrogens is 428 g/mol. The van der Waals surface area contributed by atoms with Gasteiger partial charge in [-0.2, -0.15) is 0 Å². The highest BCUT2D eigenvalue weighted by Gasteiger charge is 2.32. The lowest BCUT2D eigenvalue weighted by molar-refractivity contribution is -0.122. The normalized spacial score (nSPS) is 15.0. The summed E-state index contributed by atoms with van der Waals surface area (Å²) in [5, 5.41) is 2.77. The summed E-state index contributed by atoms with van der Waals surface area (Å²) in [6, 6.07) is 20.6. The van der Waals surface area contributed by atoms with Crippen molar-refractivity contribution in [2.75, 3.05) is 6.54 Å². The van der Waals surface area contributed by atoms with Crippen LogP contribution in [0.1, 0.15) is 28.6 Å². The number of hydrogen-bond donors (Lipinski definition) is 1. The second-order valence-electron chi connectivity index (χ2n) is 6.89. The van der Waals surface area contributed by atoms with Crippen LogP contribution >= 0.6 is 24.0 Å². The number of rotatable bonds is 6. The van der Waals surface area contributed by atoms with Crippen LogP contribution in [0.5, 0.6) is 0 Å². The van der Waals surface area contributed by atoms with Crippen molar-refractivity contribution in [3.8, 4) is 11.3 Å². The molecule has 0 atom stereocenters. The first kappa shape index (κ1) is 21.1. The molecule has 1 aromatic heterocycles. The predicted octanol–water partition coefficient (Wildman–Crippen LogP) is 5.10. The zero-order valence-electron chi connectivity index (χ0n) is 16.8. The maximum Gasteiger partial charge on any atom is 0.266 e. The summed E-state index contributed by atoms with van der Waals surface area (Å²) in [4.78, 5) is 26.9. The van der Waals surface area contributed by atoms with Crippen LogP contribution < -0.4 is 5.32 Å². The van der Waals surface area contributed by atoms with Gasteiger partial charge < -0.3 is 9.73 Å². The van der Waals surface area contributed by atoms with Gasteiger partial charge in [-0.05, 0) is 36.8 Å². The number of hydrogen-bond acceptors (Lipinski definition) is 5. The Morgan fingerprint density at radius 2 is 1.84 bits per heavy atom. The molecule has 3 aromatic rings. The van der Waals surface area contributed by atoms with Gasteiger partial charge in [-0.3, -0.25) is 14.5 Å². The predicted molar refractivity (Wildman–Crippen MR) is 127 cm³/mol. The first-order chi connectivity index (χ1) is 15.0. The summed E-state index contributed by atoms with van der Waals surface area (Å²) < 4.78 is 6.45. The quantitative estimate of drug-likeness (QED) is 0.420. The van der Waals surface area contributed by atoms with E-state index in [1.165, 1.54) is 11.8 Å². The van der Waals surface area contributed by atoms with Gasteiger partial charge >= 0.3 is 0 Å². The number of carbonyl (C=O) groups excluding carboxylic acids is 2. The third kappa shape index (κ3) is 4.78. The average molecular weight is 449 g/mol. The van der Waals surface area contributed by atoms with E-state index in [1.54, 1.807) is 23.1 Å². The molecule has 2 heterocycles. The van der Waals surface area contributed by atoms with E-state index in [0.29, 0.717) is 39.4 Å². The Labute approximate surface area is 190 Å². The first-order valence-corrected chi connectivity index (χ1v) is 11.1. The maximum atomic E-state index is 12.8. The second kappa shape index (κ2) is 9.32. The van der Waals surface area contributed by atoms with E-state index in [-0.39, 0.29) is 11.8 Å². The highest BCUT2D eigenvalue weighted by Crippen LogP contribution is 2.34. The summed E-state index contributed by atoms with van der Waals surface area (Å²) in [7, 11) is 0. The molecule has 0 aliphatic carbocycles. The molecule has 5 nitrogen and oxygen atoms in total. The van der Waals surface area contributed by atoms with Crippen molar-refractivity contribution in [2.24, 2.45) is 0 Å². The van der Waals surface area contributed by atoms with Gasteiger partial charge in [-0.15, -0.1) is 0 Å². The molecule has 0 unspecified atom stereocenters. The van der Waals surface area contributed by atoms with Gasteiger partial charge in [-0.1, -0.05) is 66.4 Å². The van der Waals surface area contributed by atoms with E-state index in [9.17, 15) is 9.59 Å². The largest absolute Gasteiger partial charge is 0.457 e. The van der Waals surface area contributed by atoms with Crippen molar-refractivity contribution in [1.29, 1.82) is 0 Å². The molecule has 1 saturated heterocycles. The molecule has 156 valence electrons. The minimum absolute atomic E-state index is 0.105. The number of amides is 2. The van der Waals surface area contributed by atoms with Crippen molar-refractivity contribution < 1.29 is 14.0 Å². The molecule has 4 rings (SSSR count). The molecule has 0 saturated carbocycles. The van der Waals surface area contributed by atoms with E-state index in [1.807, 2.05) is 61.5 Å². The van der Waals surface area contributed by atoms with E-state index in [4.69, 9.17) is 16.6 Å². The number of nitrogens with zero attached hydrogens (tertiary/aromatic N) is 1. The second-order valence-corrected chi connectivity index (χ2v) is 8.57. The Balaban J connectivity index is 1.48. The number of benzene rings is 2. The molecule has 1 aliphatic rings. The van der Waals surface area contributed by atoms with Gasteiger partial charge in [0, 0.05) is 23.7 Å². The van der Waals surface area contributed by atoms with Crippen LogP contribution in [-0.4, -0.2) is 27.6 Å². The summed E-state index contributed by atoms with van der Waals surface area (Å²) in [6.07, 6.45) is 1.72. The van der Waals surface area contributed by atoms with E-state index >= 15 is 0 Å². The first-order valence-electron chi connectivity index (χ1n) is 9.83. The lowest BCUT2D eigenvalue weighted by Gasteiger charge is -2.14. The molecular formula is C24H20N2O3S2. The molecule has 7 heteroatoms. The SMILES string of the molecule is CCNC(=O)c1ccc(-c2ccc(/C=C3/SC(=S)N(Cc4ccccc4)C3=O)o2)cc1. The fourth-order valence-electron chi connectivity index (χ4n) is 3.17. The van der Waals surface area contributed by atoms with Crippen molar-refractivity contribution >= 4 is 46.2 Å². The summed E-state index contributed by atoms with van der Waals surface area (Å²) in [5.41, 5.74) is 2.47. The fraction of sp³-hybridized carbons (Fsp3) is 0.125. The molecule has 31 heavy (non-hydrogen) atoms. The van der Waals surface area contributed by atoms with Crippen LogP contribution in [0.3, 0.4) is 0 Å². The highest BCUT2D eigenvalue weighted by atomic mass is 32.2. The third-order valence-corrected chi connectivity index (χ3v) is 6.10. The molecule has 0 bridgehead atoms. The van der Waals surface area contributed by atoms with Crippen LogP contribution in [0.25, 0.3) is 17.4 Å². The van der Waals surface area contributed by atoms with Crippen LogP contribution in [0, 0.1) is 0 Å². The van der Waals surface area contributed by atoms with Crippen LogP contribution in [-0.2, 0) is 11.3 Å². The molecule has 1 aliphatic heterocycles. The average Bonchev–Trinajstić information content (AvgIpc) is 3.35. The van der Waals surface area contributed by atoms with Gasteiger partial charge in [0.2, 0.25) is 0 Å². The number of carbonyl (C=O) groups is 2. The van der Waals surface area contributed by atoms with Crippen molar-refractivity contribution in [3.05, 3.63) is 88.5 Å². The van der Waals surface area contributed by atoms with E-state index < -0.39 is 0 Å². The van der Waals surface area contributed by atoms with E-state index in [0.717, 1.165) is 11.1 Å². The van der Waals surface area contributed by atoms with Crippen LogP contribution in [0.15, 0.2) is 76.1 Å². The van der Waals surface area contributed by atoms with Crippen molar-refractivity contribution in [1.82, 2.24) is 10.2 Å². The number of furan rings is 1. The highest BCUT2D eigenvalue weighted by molar-refractivity contribution is 8.26. The van der Waals surface area contributed by atoms with Crippen molar-refractivity contribution in [3.63, 3.8) is 0 Å². The molecule has 0 spiro atoms. The topological polar surface area (TPSA) is 62.6 Å². The zero-order chi connectivity index (χ0) is 21.8. The number of thioether (sulfide) groups is 1. The van der Waals surface area contributed by atoms with Gasteiger partial charge in [0.1, 0.15) is 15.8 Å². The van der Waals surface area contributed by atoms with Gasteiger partial charge in [0.15, 0.2) is 0 Å². The Hall–Kier alpha value is -3.16. The lowest BCUT2D eigenvalue weighted by atomic mass is 10.1. The van der Waals surface area contributed by atoms with Crippen LogP contribution in [0.2, 0.25) is 0 Å². The number of nitrogens with one attached hydrogen (secondary N) is 1. The Bertz CT molecular complexity index is 1150. The van der Waals surface area contributed by atoms with Gasteiger partial charge in [0.05, 0.1) is 11.4 Å². The third-order valence-electron chi connectivity index (χ3n) is 4.73. The van der Waals surface area contributed by atoms with Gasteiger partial charge in [0.25, 0.3) is 11.8 Å². The maximum absolute atomic E-state index is 12.8. The summed E-state index contributed by atoms with van der Waals surface area (Å²) >= 11 is 6.68. The smallest absolute Gasteiger partial charge is 0.266 e. The zero-order valence-corrected chi connectivity index (χ0v) is 18.5. The molecule has 1 fully saturated rings. The summed E-state index contributed by atoms with van der Waals surface area (Å²) in [5.74, 6) is 1.01. The van der Waals surface area contributed by atoms with Gasteiger partial charge in [-0.25, -0.2) is 0 Å². The minimum atomic E-state index is -0.122. The lowest BCUT2D eigenvalue weighted by Crippen LogP contribution is -2.27. The molecule has 2 amide bonds. The Kier molecular flexibility index (Phi) is 6.34. The standard InChI is InChI=1S/C24H20N2O3S2/c1-2-25-22(27)18-10-8-17(9-11-18)20-13-12-19(29-20)14-21-23(28)26(24(30)31-21)15-16-6-4-3-5-7-16/h3-14H,2,15H2,1H3,(H,25,27)/b21-14+. The number of thiocarbonyl (C=S) groups is 1. The summed E-state index contributed by atoms with van der Waals surface area (Å²) in [6.45, 7) is 2.91. The Morgan fingerprint density at radius 1 is 1.10 bits per heavy atom. The Morgan fingerprint density at radius 3 is 2.55 bits per heavy atom. The minimum Gasteiger partial charge on any atom is -0.457 e. The van der Waals surface area contributed by atoms with Crippen LogP contribution in [0.4, 0.5) is 0 Å². The molecule has 1 N–H and O–H groups in total. The molecule has 0 radical (unpaired) electrons. The van der Waals surface area contributed by atoms with Crippen molar-refractivity contribution in [2.45, 2.75) is 13.5 Å². The van der Waals surface area contributed by atoms with E-state index in [2.05, 4.69) is 5.32 Å². The monoisotopic (exact) mass is 448 g/mol. The fourth-order valence-corrected chi connectivity index (χ4v) is 4.40.